The van der Waals surface area contributed by atoms with E-state index in [9.17, 15) is 14.7 Å². The molecule has 1 heterocycles. The van der Waals surface area contributed by atoms with Crippen LogP contribution in [0.2, 0.25) is 10.0 Å². The van der Waals surface area contributed by atoms with Crippen molar-refractivity contribution in [3.63, 3.8) is 0 Å². The second-order valence-electron chi connectivity index (χ2n) is 11.8. The third kappa shape index (κ3) is 7.55. The Hall–Kier alpha value is -2.48. The van der Waals surface area contributed by atoms with E-state index in [0.717, 1.165) is 11.3 Å². The summed E-state index contributed by atoms with van der Waals surface area (Å²) in [5, 5.41) is 14.6. The van der Waals surface area contributed by atoms with Crippen LogP contribution in [-0.2, 0) is 4.74 Å². The van der Waals surface area contributed by atoms with Gasteiger partial charge in [0.2, 0.25) is 0 Å². The first-order valence-electron chi connectivity index (χ1n) is 12.9. The fourth-order valence-electron chi connectivity index (χ4n) is 5.21. The van der Waals surface area contributed by atoms with Crippen molar-refractivity contribution in [3.05, 3.63) is 64.1 Å². The molecule has 7 nitrogen and oxygen atoms in total. The molecule has 1 fully saturated rings. The van der Waals surface area contributed by atoms with Crippen LogP contribution in [0, 0.1) is 5.41 Å². The Bertz CT molecular complexity index is 1120. The van der Waals surface area contributed by atoms with Crippen molar-refractivity contribution in [2.24, 2.45) is 5.41 Å². The first kappa shape index (κ1) is 30.1. The number of para-hydroxylation sites is 1. The van der Waals surface area contributed by atoms with Gasteiger partial charge in [-0.1, -0.05) is 68.2 Å². The number of hydrogen-bond acceptors (Lipinski definition) is 4. The summed E-state index contributed by atoms with van der Waals surface area (Å²) in [6.07, 6.45) is -0.741. The van der Waals surface area contributed by atoms with Crippen LogP contribution in [0.15, 0.2) is 48.5 Å². The number of piperidine rings is 1. The second kappa shape index (κ2) is 12.1. The van der Waals surface area contributed by atoms with Gasteiger partial charge in [-0.05, 0) is 62.4 Å². The summed E-state index contributed by atoms with van der Waals surface area (Å²) < 4.78 is 5.67. The molecule has 1 aliphatic heterocycles. The molecule has 3 rings (SSSR count). The van der Waals surface area contributed by atoms with Crippen LogP contribution in [-0.4, -0.2) is 59.5 Å². The second-order valence-corrected chi connectivity index (χ2v) is 12.6. The number of nitrogens with one attached hydrogen (secondary N) is 1. The predicted octanol–water partition coefficient (Wildman–Crippen LogP) is 7.28. The Balaban J connectivity index is 1.89. The molecule has 2 amide bonds. The van der Waals surface area contributed by atoms with Gasteiger partial charge in [0, 0.05) is 43.3 Å². The topological polar surface area (TPSA) is 82.1 Å². The summed E-state index contributed by atoms with van der Waals surface area (Å²) in [5.74, 6) is -0.179. The average Bonchev–Trinajstić information content (AvgIpc) is 2.81. The van der Waals surface area contributed by atoms with E-state index >= 15 is 0 Å². The first-order valence-corrected chi connectivity index (χ1v) is 13.7. The molecule has 0 aliphatic carbocycles. The number of rotatable bonds is 6. The van der Waals surface area contributed by atoms with Gasteiger partial charge in [0.25, 0.3) is 0 Å². The zero-order valence-corrected chi connectivity index (χ0v) is 24.5. The fourth-order valence-corrected chi connectivity index (χ4v) is 5.51. The van der Waals surface area contributed by atoms with Gasteiger partial charge in [0.15, 0.2) is 0 Å². The van der Waals surface area contributed by atoms with E-state index in [2.05, 4.69) is 26.1 Å². The number of likely N-dealkylation sites (tertiary alicyclic amines) is 1. The number of nitrogens with zero attached hydrogens (tertiary/aromatic N) is 2. The molecule has 0 radical (unpaired) electrons. The van der Waals surface area contributed by atoms with Crippen molar-refractivity contribution in [1.29, 1.82) is 0 Å². The molecule has 1 unspecified atom stereocenters. The number of carboxylic acid groups (broad SMARTS) is 1. The van der Waals surface area contributed by atoms with E-state index in [1.165, 1.54) is 0 Å². The maximum absolute atomic E-state index is 13.1. The van der Waals surface area contributed by atoms with E-state index in [0.29, 0.717) is 36.1 Å². The summed E-state index contributed by atoms with van der Waals surface area (Å²) in [4.78, 5) is 28.5. The highest BCUT2D eigenvalue weighted by Crippen LogP contribution is 2.43. The Morgan fingerprint density at radius 3 is 2.26 bits per heavy atom. The van der Waals surface area contributed by atoms with Crippen LogP contribution in [0.3, 0.4) is 0 Å². The molecule has 0 saturated carbocycles. The van der Waals surface area contributed by atoms with Crippen LogP contribution in [0.4, 0.5) is 15.3 Å². The molecule has 2 aromatic carbocycles. The number of ether oxygens (including phenoxy) is 1. The van der Waals surface area contributed by atoms with Crippen LogP contribution in [0.1, 0.15) is 59.4 Å². The number of carbonyl (C=O) groups excluding carboxylic acids is 1. The first-order chi connectivity index (χ1) is 17.7. The van der Waals surface area contributed by atoms with E-state index in [1.54, 1.807) is 15.9 Å². The summed E-state index contributed by atoms with van der Waals surface area (Å²) >= 11 is 12.6. The molecule has 0 aromatic heterocycles. The van der Waals surface area contributed by atoms with E-state index < -0.39 is 17.8 Å². The molecule has 38 heavy (non-hydrogen) atoms. The summed E-state index contributed by atoms with van der Waals surface area (Å²) in [6.45, 7) is 13.0. The molecule has 9 heteroatoms. The van der Waals surface area contributed by atoms with E-state index in [-0.39, 0.29) is 23.4 Å². The standard InChI is InChI=1S/C29H39Cl2N3O4/c1-28(2,3)25-24(19-12-13-21(30)22(31)18-19)23(14-16-34(25)26(35)36)32-15-17-33(20-10-8-7-9-11-20)27(37)38-29(4,5)6/h7-13,18,23-25,32H,14-17H2,1-6H3,(H,35,36)/t23-,24-,25?/m1/s1. The molecule has 3 atom stereocenters. The summed E-state index contributed by atoms with van der Waals surface area (Å²) in [6, 6.07) is 14.6. The van der Waals surface area contributed by atoms with Crippen molar-refractivity contribution in [2.75, 3.05) is 24.5 Å². The smallest absolute Gasteiger partial charge is 0.414 e. The lowest BCUT2D eigenvalue weighted by Gasteiger charge is -2.50. The summed E-state index contributed by atoms with van der Waals surface area (Å²) in [7, 11) is 0. The van der Waals surface area contributed by atoms with E-state index in [1.807, 2.05) is 63.2 Å². The molecule has 208 valence electrons. The van der Waals surface area contributed by atoms with Crippen molar-refractivity contribution in [3.8, 4) is 0 Å². The van der Waals surface area contributed by atoms with Gasteiger partial charge in [-0.25, -0.2) is 9.59 Å². The lowest BCUT2D eigenvalue weighted by Crippen LogP contribution is -2.60. The van der Waals surface area contributed by atoms with Crippen LogP contribution >= 0.6 is 23.2 Å². The van der Waals surface area contributed by atoms with Crippen molar-refractivity contribution in [2.45, 2.75) is 71.6 Å². The monoisotopic (exact) mass is 563 g/mol. The molecule has 0 bridgehead atoms. The number of anilines is 1. The lowest BCUT2D eigenvalue weighted by molar-refractivity contribution is 0.0324. The van der Waals surface area contributed by atoms with Crippen molar-refractivity contribution < 1.29 is 19.4 Å². The third-order valence-corrected chi connectivity index (χ3v) is 7.41. The molecule has 0 spiro atoms. The highest BCUT2D eigenvalue weighted by molar-refractivity contribution is 6.42. The Kier molecular flexibility index (Phi) is 9.61. The maximum atomic E-state index is 13.1. The molecule has 1 aliphatic rings. The minimum Gasteiger partial charge on any atom is -0.465 e. The molecule has 2 aromatic rings. The zero-order chi connectivity index (χ0) is 28.3. The number of halogens is 2. The largest absolute Gasteiger partial charge is 0.465 e. The number of carbonyl (C=O) groups is 2. The minimum atomic E-state index is -0.936. The lowest BCUT2D eigenvalue weighted by atomic mass is 9.69. The summed E-state index contributed by atoms with van der Waals surface area (Å²) in [5.41, 5.74) is 0.704. The maximum Gasteiger partial charge on any atom is 0.414 e. The van der Waals surface area contributed by atoms with Gasteiger partial charge in [-0.15, -0.1) is 0 Å². The van der Waals surface area contributed by atoms with Crippen LogP contribution < -0.4 is 10.2 Å². The zero-order valence-electron chi connectivity index (χ0n) is 23.0. The highest BCUT2D eigenvalue weighted by atomic mass is 35.5. The van der Waals surface area contributed by atoms with Gasteiger partial charge in [-0.2, -0.15) is 0 Å². The Labute approximate surface area is 236 Å². The quantitative estimate of drug-likeness (QED) is 0.386. The fraction of sp³-hybridized carbons (Fsp3) is 0.517. The molecule has 1 saturated heterocycles. The van der Waals surface area contributed by atoms with Gasteiger partial charge >= 0.3 is 12.2 Å². The Morgan fingerprint density at radius 1 is 1.05 bits per heavy atom. The number of hydrogen-bond donors (Lipinski definition) is 2. The highest BCUT2D eigenvalue weighted by Gasteiger charge is 2.46. The molecular formula is C29H39Cl2N3O4. The normalized spacial score (nSPS) is 20.2. The van der Waals surface area contributed by atoms with Crippen molar-refractivity contribution >= 4 is 41.1 Å². The van der Waals surface area contributed by atoms with Gasteiger partial charge in [-0.3, -0.25) is 4.90 Å². The number of benzene rings is 2. The molecule has 2 N–H and O–H groups in total. The van der Waals surface area contributed by atoms with Crippen LogP contribution in [0.5, 0.6) is 0 Å². The van der Waals surface area contributed by atoms with Gasteiger partial charge < -0.3 is 20.1 Å². The minimum absolute atomic E-state index is 0.0525. The van der Waals surface area contributed by atoms with Gasteiger partial charge in [0.05, 0.1) is 10.0 Å². The average molecular weight is 565 g/mol. The molecular weight excluding hydrogens is 525 g/mol. The van der Waals surface area contributed by atoms with Crippen LogP contribution in [0.25, 0.3) is 0 Å². The predicted molar refractivity (Wildman–Crippen MR) is 154 cm³/mol. The third-order valence-electron chi connectivity index (χ3n) is 6.68. The SMILES string of the molecule is CC(C)(C)OC(=O)N(CCN[C@@H]1CCN(C(=O)O)C(C(C)(C)C)[C@@H]1c1ccc(Cl)c(Cl)c1)c1ccccc1. The number of amides is 2. The van der Waals surface area contributed by atoms with E-state index in [4.69, 9.17) is 27.9 Å². The van der Waals surface area contributed by atoms with Crippen molar-refractivity contribution in [1.82, 2.24) is 10.2 Å². The Morgan fingerprint density at radius 2 is 1.71 bits per heavy atom. The van der Waals surface area contributed by atoms with Gasteiger partial charge in [0.1, 0.15) is 5.60 Å².